The minimum Gasteiger partial charge on any atom is -0.459 e. The van der Waals surface area contributed by atoms with E-state index in [0.717, 1.165) is 16.7 Å². The van der Waals surface area contributed by atoms with Crippen molar-refractivity contribution in [3.05, 3.63) is 108 Å². The predicted octanol–water partition coefficient (Wildman–Crippen LogP) is 4.44. The third-order valence-electron chi connectivity index (χ3n) is 4.93. The summed E-state index contributed by atoms with van der Waals surface area (Å²) in [5.41, 5.74) is 9.19. The Morgan fingerprint density at radius 1 is 0.935 bits per heavy atom. The SMILES string of the molecule is C[C@@H](C(=O)OCc1ccccc1)N(Cc1ccccc1N)C(=O)/C=C/c1ccccc1. The number of carbonyl (C=O) groups is 2. The van der Waals surface area contributed by atoms with Crippen LogP contribution in [0.2, 0.25) is 0 Å². The van der Waals surface area contributed by atoms with E-state index < -0.39 is 12.0 Å². The summed E-state index contributed by atoms with van der Waals surface area (Å²) in [5, 5.41) is 0. The van der Waals surface area contributed by atoms with E-state index >= 15 is 0 Å². The highest BCUT2D eigenvalue weighted by molar-refractivity contribution is 5.94. The average molecular weight is 415 g/mol. The molecule has 2 N–H and O–H groups in total. The molecule has 0 aromatic heterocycles. The fourth-order valence-electron chi connectivity index (χ4n) is 3.07. The Kier molecular flexibility index (Phi) is 7.60. The predicted molar refractivity (Wildman–Crippen MR) is 123 cm³/mol. The van der Waals surface area contributed by atoms with Gasteiger partial charge >= 0.3 is 5.97 Å². The number of nitrogens with two attached hydrogens (primary N) is 1. The summed E-state index contributed by atoms with van der Waals surface area (Å²) in [5.74, 6) is -0.768. The maximum absolute atomic E-state index is 13.0. The van der Waals surface area contributed by atoms with E-state index in [2.05, 4.69) is 0 Å². The number of hydrogen-bond acceptors (Lipinski definition) is 4. The molecule has 0 aliphatic heterocycles. The Morgan fingerprint density at radius 3 is 2.23 bits per heavy atom. The van der Waals surface area contributed by atoms with Gasteiger partial charge in [0, 0.05) is 18.3 Å². The fraction of sp³-hybridized carbons (Fsp3) is 0.154. The molecular weight excluding hydrogens is 388 g/mol. The number of ether oxygens (including phenoxy) is 1. The van der Waals surface area contributed by atoms with Crippen LogP contribution in [0.3, 0.4) is 0 Å². The quantitative estimate of drug-likeness (QED) is 0.336. The first-order chi connectivity index (χ1) is 15.0. The normalized spacial score (nSPS) is 11.8. The zero-order valence-corrected chi connectivity index (χ0v) is 17.5. The molecule has 1 amide bonds. The lowest BCUT2D eigenvalue weighted by Crippen LogP contribution is -2.43. The zero-order valence-electron chi connectivity index (χ0n) is 17.5. The molecule has 5 heteroatoms. The molecule has 0 spiro atoms. The number of carbonyl (C=O) groups excluding carboxylic acids is 2. The van der Waals surface area contributed by atoms with Crippen molar-refractivity contribution in [1.82, 2.24) is 4.90 Å². The van der Waals surface area contributed by atoms with E-state index in [4.69, 9.17) is 10.5 Å². The van der Waals surface area contributed by atoms with Crippen LogP contribution in [-0.2, 0) is 27.5 Å². The maximum Gasteiger partial charge on any atom is 0.328 e. The first kappa shape index (κ1) is 21.8. The van der Waals surface area contributed by atoms with Crippen LogP contribution in [0.1, 0.15) is 23.6 Å². The molecular formula is C26H26N2O3. The summed E-state index contributed by atoms with van der Waals surface area (Å²) in [7, 11) is 0. The van der Waals surface area contributed by atoms with Gasteiger partial charge < -0.3 is 15.4 Å². The lowest BCUT2D eigenvalue weighted by atomic mass is 10.1. The van der Waals surface area contributed by atoms with E-state index in [1.165, 1.54) is 11.0 Å². The van der Waals surface area contributed by atoms with Crippen molar-refractivity contribution in [2.45, 2.75) is 26.1 Å². The van der Waals surface area contributed by atoms with E-state index in [9.17, 15) is 9.59 Å². The molecule has 158 valence electrons. The molecule has 0 radical (unpaired) electrons. The second-order valence-electron chi connectivity index (χ2n) is 7.18. The monoisotopic (exact) mass is 414 g/mol. The number of nitrogen functional groups attached to an aromatic ring is 1. The molecule has 0 aliphatic carbocycles. The van der Waals surface area contributed by atoms with Crippen molar-refractivity contribution >= 4 is 23.6 Å². The van der Waals surface area contributed by atoms with Crippen LogP contribution in [-0.4, -0.2) is 22.8 Å². The van der Waals surface area contributed by atoms with Crippen molar-refractivity contribution in [3.63, 3.8) is 0 Å². The van der Waals surface area contributed by atoms with Gasteiger partial charge in [0.2, 0.25) is 5.91 Å². The minimum atomic E-state index is -0.781. The van der Waals surface area contributed by atoms with Crippen LogP contribution in [0.25, 0.3) is 6.08 Å². The topological polar surface area (TPSA) is 72.6 Å². The van der Waals surface area contributed by atoms with E-state index in [0.29, 0.717) is 5.69 Å². The Balaban J connectivity index is 1.76. The van der Waals surface area contributed by atoms with Crippen LogP contribution in [0.5, 0.6) is 0 Å². The molecule has 0 bridgehead atoms. The number of amides is 1. The number of hydrogen-bond donors (Lipinski definition) is 1. The van der Waals surface area contributed by atoms with Gasteiger partial charge in [-0.05, 0) is 35.8 Å². The summed E-state index contributed by atoms with van der Waals surface area (Å²) >= 11 is 0. The summed E-state index contributed by atoms with van der Waals surface area (Å²) < 4.78 is 5.46. The smallest absolute Gasteiger partial charge is 0.328 e. The fourth-order valence-corrected chi connectivity index (χ4v) is 3.07. The summed E-state index contributed by atoms with van der Waals surface area (Å²) in [6, 6.07) is 25.5. The van der Waals surface area contributed by atoms with Crippen molar-refractivity contribution in [2.75, 3.05) is 5.73 Å². The van der Waals surface area contributed by atoms with Crippen LogP contribution < -0.4 is 5.73 Å². The Bertz CT molecular complexity index is 1030. The number of rotatable bonds is 8. The maximum atomic E-state index is 13.0. The van der Waals surface area contributed by atoms with Crippen LogP contribution in [0.15, 0.2) is 91.0 Å². The summed E-state index contributed by atoms with van der Waals surface area (Å²) in [4.78, 5) is 27.3. The molecule has 0 aliphatic rings. The Morgan fingerprint density at radius 2 is 1.55 bits per heavy atom. The minimum absolute atomic E-state index is 0.152. The van der Waals surface area contributed by atoms with Crippen molar-refractivity contribution in [3.8, 4) is 0 Å². The Hall–Kier alpha value is -3.86. The van der Waals surface area contributed by atoms with Crippen LogP contribution in [0.4, 0.5) is 5.69 Å². The van der Waals surface area contributed by atoms with E-state index in [1.54, 1.807) is 19.1 Å². The van der Waals surface area contributed by atoms with Gasteiger partial charge in [-0.1, -0.05) is 78.9 Å². The van der Waals surface area contributed by atoms with Gasteiger partial charge in [-0.15, -0.1) is 0 Å². The van der Waals surface area contributed by atoms with Gasteiger partial charge in [-0.25, -0.2) is 4.79 Å². The molecule has 5 nitrogen and oxygen atoms in total. The third kappa shape index (κ3) is 6.31. The molecule has 3 aromatic carbocycles. The lowest BCUT2D eigenvalue weighted by molar-refractivity contribution is -0.154. The first-order valence-electron chi connectivity index (χ1n) is 10.1. The highest BCUT2D eigenvalue weighted by Gasteiger charge is 2.26. The van der Waals surface area contributed by atoms with Gasteiger partial charge in [0.25, 0.3) is 0 Å². The lowest BCUT2D eigenvalue weighted by Gasteiger charge is -2.27. The molecule has 0 heterocycles. The average Bonchev–Trinajstić information content (AvgIpc) is 2.81. The molecule has 1 atom stereocenters. The molecule has 31 heavy (non-hydrogen) atoms. The summed E-state index contributed by atoms with van der Waals surface area (Å²) in [6.45, 7) is 2.02. The molecule has 0 saturated heterocycles. The van der Waals surface area contributed by atoms with Gasteiger partial charge in [-0.2, -0.15) is 0 Å². The van der Waals surface area contributed by atoms with Gasteiger partial charge in [-0.3, -0.25) is 4.79 Å². The van der Waals surface area contributed by atoms with Crippen LogP contribution >= 0.6 is 0 Å². The van der Waals surface area contributed by atoms with Crippen molar-refractivity contribution in [2.24, 2.45) is 0 Å². The highest BCUT2D eigenvalue weighted by Crippen LogP contribution is 2.17. The standard InChI is InChI=1S/C26H26N2O3/c1-20(26(30)31-19-22-12-6-3-7-13-22)28(18-23-14-8-9-15-24(23)27)25(29)17-16-21-10-4-2-5-11-21/h2-17,20H,18-19,27H2,1H3/b17-16+/t20-/m0/s1. The molecule has 0 unspecified atom stereocenters. The van der Waals surface area contributed by atoms with Gasteiger partial charge in [0.1, 0.15) is 12.6 Å². The largest absolute Gasteiger partial charge is 0.459 e. The number of para-hydroxylation sites is 1. The van der Waals surface area contributed by atoms with E-state index in [-0.39, 0.29) is 19.1 Å². The van der Waals surface area contributed by atoms with Crippen LogP contribution in [0, 0.1) is 0 Å². The first-order valence-corrected chi connectivity index (χ1v) is 10.1. The molecule has 3 aromatic rings. The Labute approximate surface area is 182 Å². The number of benzene rings is 3. The number of anilines is 1. The summed E-state index contributed by atoms with van der Waals surface area (Å²) in [6.07, 6.45) is 3.20. The van der Waals surface area contributed by atoms with Crippen molar-refractivity contribution < 1.29 is 14.3 Å². The number of esters is 1. The second kappa shape index (κ2) is 10.8. The van der Waals surface area contributed by atoms with E-state index in [1.807, 2.05) is 78.9 Å². The molecule has 3 rings (SSSR count). The third-order valence-corrected chi connectivity index (χ3v) is 4.93. The molecule has 0 saturated carbocycles. The van der Waals surface area contributed by atoms with Crippen molar-refractivity contribution in [1.29, 1.82) is 0 Å². The molecule has 0 fully saturated rings. The second-order valence-corrected chi connectivity index (χ2v) is 7.18. The van der Waals surface area contributed by atoms with Gasteiger partial charge in [0.15, 0.2) is 0 Å². The number of nitrogens with zero attached hydrogens (tertiary/aromatic N) is 1. The van der Waals surface area contributed by atoms with Gasteiger partial charge in [0.05, 0.1) is 0 Å². The highest BCUT2D eigenvalue weighted by atomic mass is 16.5. The zero-order chi connectivity index (χ0) is 22.1.